The predicted molar refractivity (Wildman–Crippen MR) is 81.5 cm³/mol. The summed E-state index contributed by atoms with van der Waals surface area (Å²) in [5.74, 6) is 0.633. The van der Waals surface area contributed by atoms with Crippen molar-refractivity contribution in [3.05, 3.63) is 58.6 Å². The van der Waals surface area contributed by atoms with E-state index in [1.165, 1.54) is 0 Å². The van der Waals surface area contributed by atoms with Gasteiger partial charge >= 0.3 is 0 Å². The molecule has 100 valence electrons. The fourth-order valence-electron chi connectivity index (χ4n) is 1.64. The molecule has 0 saturated carbocycles. The van der Waals surface area contributed by atoms with Crippen molar-refractivity contribution < 1.29 is 4.74 Å². The Labute approximate surface area is 123 Å². The van der Waals surface area contributed by atoms with E-state index in [0.29, 0.717) is 22.4 Å². The lowest BCUT2D eigenvalue weighted by atomic mass is 10.3. The Kier molecular flexibility index (Phi) is 5.37. The summed E-state index contributed by atoms with van der Waals surface area (Å²) in [5, 5.41) is 4.31. The first kappa shape index (κ1) is 14.0. The number of hydrogen-bond acceptors (Lipinski definition) is 2. The molecule has 0 radical (unpaired) electrons. The number of halogens is 2. The zero-order valence-corrected chi connectivity index (χ0v) is 11.9. The molecule has 0 bridgehead atoms. The topological polar surface area (TPSA) is 21.3 Å². The van der Waals surface area contributed by atoms with Crippen LogP contribution < -0.4 is 10.1 Å². The Morgan fingerprint density at radius 2 is 1.74 bits per heavy atom. The fraction of sp³-hybridized carbons (Fsp3) is 0.200. The van der Waals surface area contributed by atoms with Crippen LogP contribution in [-0.4, -0.2) is 13.2 Å². The molecule has 2 rings (SSSR count). The maximum atomic E-state index is 6.03. The highest BCUT2D eigenvalue weighted by Gasteiger charge is 2.04. The summed E-state index contributed by atoms with van der Waals surface area (Å²) in [6.07, 6.45) is 0.887. The maximum absolute atomic E-state index is 6.03. The molecule has 0 heterocycles. The van der Waals surface area contributed by atoms with Gasteiger partial charge in [-0.1, -0.05) is 47.5 Å². The van der Waals surface area contributed by atoms with Gasteiger partial charge in [0, 0.05) is 12.2 Å². The number of hydrogen-bond donors (Lipinski definition) is 1. The maximum Gasteiger partial charge on any atom is 0.139 e. The number of ether oxygens (including phenoxy) is 1. The molecular formula is C15H15Cl2NO. The molecule has 2 aromatic carbocycles. The molecule has 0 aliphatic heterocycles. The molecule has 1 N–H and O–H groups in total. The predicted octanol–water partition coefficient (Wildman–Crippen LogP) is 4.87. The molecule has 4 heteroatoms. The second-order valence-electron chi connectivity index (χ2n) is 4.05. The van der Waals surface area contributed by atoms with Crippen molar-refractivity contribution in [3.63, 3.8) is 0 Å². The molecule has 0 saturated heterocycles. The Balaban J connectivity index is 1.71. The molecule has 0 aromatic heterocycles. The first-order valence-corrected chi connectivity index (χ1v) is 6.88. The van der Waals surface area contributed by atoms with Crippen LogP contribution in [0.3, 0.4) is 0 Å². The van der Waals surface area contributed by atoms with E-state index in [1.807, 2.05) is 42.5 Å². The molecule has 0 unspecified atom stereocenters. The van der Waals surface area contributed by atoms with Gasteiger partial charge in [-0.15, -0.1) is 0 Å². The van der Waals surface area contributed by atoms with Crippen LogP contribution in [0.4, 0.5) is 5.69 Å². The first-order valence-electron chi connectivity index (χ1n) is 6.13. The van der Waals surface area contributed by atoms with Crippen molar-refractivity contribution in [2.75, 3.05) is 18.5 Å². The average molecular weight is 296 g/mol. The van der Waals surface area contributed by atoms with Crippen molar-refractivity contribution in [3.8, 4) is 5.75 Å². The molecule has 0 atom stereocenters. The monoisotopic (exact) mass is 295 g/mol. The van der Waals surface area contributed by atoms with Gasteiger partial charge in [0.15, 0.2) is 0 Å². The van der Waals surface area contributed by atoms with E-state index in [0.717, 1.165) is 18.7 Å². The van der Waals surface area contributed by atoms with Crippen LogP contribution in [0.2, 0.25) is 10.0 Å². The van der Waals surface area contributed by atoms with E-state index < -0.39 is 0 Å². The lowest BCUT2D eigenvalue weighted by Crippen LogP contribution is -2.07. The Morgan fingerprint density at radius 1 is 0.947 bits per heavy atom. The molecule has 2 aromatic rings. The van der Waals surface area contributed by atoms with Crippen molar-refractivity contribution in [1.29, 1.82) is 0 Å². The summed E-state index contributed by atoms with van der Waals surface area (Å²) in [5.41, 5.74) is 1.11. The minimum Gasteiger partial charge on any atom is -0.492 e. The number of rotatable bonds is 6. The number of anilines is 1. The number of nitrogens with one attached hydrogen (secondary N) is 1. The summed E-state index contributed by atoms with van der Waals surface area (Å²) in [7, 11) is 0. The second-order valence-corrected chi connectivity index (χ2v) is 4.83. The van der Waals surface area contributed by atoms with Crippen LogP contribution in [0.25, 0.3) is 0 Å². The minimum atomic E-state index is 0.472. The standard InChI is InChI=1S/C15H15Cl2NO/c16-13-8-4-9-14(15(13)17)19-11-5-10-18-12-6-2-1-3-7-12/h1-4,6-9,18H,5,10-11H2. The van der Waals surface area contributed by atoms with E-state index >= 15 is 0 Å². The lowest BCUT2D eigenvalue weighted by molar-refractivity contribution is 0.315. The highest BCUT2D eigenvalue weighted by atomic mass is 35.5. The van der Waals surface area contributed by atoms with Crippen LogP contribution >= 0.6 is 23.2 Å². The molecule has 0 spiro atoms. The molecule has 0 aliphatic rings. The molecule has 19 heavy (non-hydrogen) atoms. The lowest BCUT2D eigenvalue weighted by Gasteiger charge is -2.09. The van der Waals surface area contributed by atoms with Crippen molar-refractivity contribution >= 4 is 28.9 Å². The third-order valence-corrected chi connectivity index (χ3v) is 3.40. The SMILES string of the molecule is Clc1cccc(OCCCNc2ccccc2)c1Cl. The minimum absolute atomic E-state index is 0.472. The smallest absolute Gasteiger partial charge is 0.139 e. The van der Waals surface area contributed by atoms with Gasteiger partial charge in [0.2, 0.25) is 0 Å². The van der Waals surface area contributed by atoms with Gasteiger partial charge in [-0.25, -0.2) is 0 Å². The van der Waals surface area contributed by atoms with Crippen molar-refractivity contribution in [2.24, 2.45) is 0 Å². The normalized spacial score (nSPS) is 10.2. The summed E-state index contributed by atoms with van der Waals surface area (Å²) in [6.45, 7) is 1.45. The van der Waals surface area contributed by atoms with Gasteiger partial charge in [-0.3, -0.25) is 0 Å². The molecule has 2 nitrogen and oxygen atoms in total. The van der Waals surface area contributed by atoms with Crippen LogP contribution in [-0.2, 0) is 0 Å². The number of para-hydroxylation sites is 1. The van der Waals surface area contributed by atoms with E-state index in [9.17, 15) is 0 Å². The van der Waals surface area contributed by atoms with Crippen LogP contribution in [0.15, 0.2) is 48.5 Å². The van der Waals surface area contributed by atoms with E-state index in [1.54, 1.807) is 6.07 Å². The van der Waals surface area contributed by atoms with Gasteiger partial charge in [0.05, 0.1) is 11.6 Å². The molecule has 0 amide bonds. The molecular weight excluding hydrogens is 281 g/mol. The highest BCUT2D eigenvalue weighted by Crippen LogP contribution is 2.31. The fourth-order valence-corrected chi connectivity index (χ4v) is 1.98. The third kappa shape index (κ3) is 4.34. The Morgan fingerprint density at radius 3 is 2.53 bits per heavy atom. The zero-order valence-electron chi connectivity index (χ0n) is 10.4. The Hall–Kier alpha value is -1.38. The molecule has 0 aliphatic carbocycles. The van der Waals surface area contributed by atoms with Crippen molar-refractivity contribution in [1.82, 2.24) is 0 Å². The summed E-state index contributed by atoms with van der Waals surface area (Å²) < 4.78 is 5.60. The summed E-state index contributed by atoms with van der Waals surface area (Å²) in [6, 6.07) is 15.5. The van der Waals surface area contributed by atoms with Gasteiger partial charge < -0.3 is 10.1 Å². The van der Waals surface area contributed by atoms with Crippen LogP contribution in [0.1, 0.15) is 6.42 Å². The van der Waals surface area contributed by atoms with Gasteiger partial charge in [-0.2, -0.15) is 0 Å². The van der Waals surface area contributed by atoms with E-state index in [-0.39, 0.29) is 0 Å². The summed E-state index contributed by atoms with van der Waals surface area (Å²) >= 11 is 11.9. The zero-order chi connectivity index (χ0) is 13.5. The van der Waals surface area contributed by atoms with Crippen LogP contribution in [0, 0.1) is 0 Å². The van der Waals surface area contributed by atoms with E-state index in [2.05, 4.69) is 5.32 Å². The van der Waals surface area contributed by atoms with Gasteiger partial charge in [-0.05, 0) is 30.7 Å². The van der Waals surface area contributed by atoms with E-state index in [4.69, 9.17) is 27.9 Å². The third-order valence-electron chi connectivity index (χ3n) is 2.60. The largest absolute Gasteiger partial charge is 0.492 e. The first-order chi connectivity index (χ1) is 9.27. The Bertz CT molecular complexity index is 517. The van der Waals surface area contributed by atoms with Gasteiger partial charge in [0.25, 0.3) is 0 Å². The average Bonchev–Trinajstić information content (AvgIpc) is 2.44. The van der Waals surface area contributed by atoms with Crippen molar-refractivity contribution in [2.45, 2.75) is 6.42 Å². The van der Waals surface area contributed by atoms with Crippen LogP contribution in [0.5, 0.6) is 5.75 Å². The second kappa shape index (κ2) is 7.27. The number of benzene rings is 2. The van der Waals surface area contributed by atoms with Gasteiger partial charge in [0.1, 0.15) is 10.8 Å². The highest BCUT2D eigenvalue weighted by molar-refractivity contribution is 6.42. The quantitative estimate of drug-likeness (QED) is 0.767. The molecule has 0 fully saturated rings. The summed E-state index contributed by atoms with van der Waals surface area (Å²) in [4.78, 5) is 0.